The molecule has 2 aliphatic heterocycles. The van der Waals surface area contributed by atoms with Crippen LogP contribution in [0.4, 0.5) is 0 Å². The number of halogens is 1. The van der Waals surface area contributed by atoms with Gasteiger partial charge in [0.05, 0.1) is 18.2 Å². The number of amides is 1. The van der Waals surface area contributed by atoms with Gasteiger partial charge in [-0.25, -0.2) is 0 Å². The number of hydrogen-bond donors (Lipinski definition) is 0. The standard InChI is InChI=1S/C12H12ClNO4/c13-9-5-8(6-10-11(9)18-7-17-10)12(15)14-1-3-16-4-2-14/h5-6H,1-4,7H2. The van der Waals surface area contributed by atoms with E-state index in [0.29, 0.717) is 48.4 Å². The highest BCUT2D eigenvalue weighted by atomic mass is 35.5. The second-order valence-corrected chi connectivity index (χ2v) is 4.50. The molecule has 0 atom stereocenters. The van der Waals surface area contributed by atoms with Crippen molar-refractivity contribution in [3.8, 4) is 11.5 Å². The van der Waals surface area contributed by atoms with Crippen molar-refractivity contribution >= 4 is 17.5 Å². The van der Waals surface area contributed by atoms with Gasteiger partial charge in [-0.3, -0.25) is 4.79 Å². The Hall–Kier alpha value is -1.46. The fraction of sp³-hybridized carbons (Fsp3) is 0.417. The third-order valence-corrected chi connectivity index (χ3v) is 3.25. The van der Waals surface area contributed by atoms with E-state index in [9.17, 15) is 4.79 Å². The van der Waals surface area contributed by atoms with Crippen LogP contribution in [0.2, 0.25) is 5.02 Å². The molecule has 1 aromatic carbocycles. The smallest absolute Gasteiger partial charge is 0.254 e. The van der Waals surface area contributed by atoms with E-state index in [0.717, 1.165) is 0 Å². The zero-order valence-electron chi connectivity index (χ0n) is 9.65. The van der Waals surface area contributed by atoms with Gasteiger partial charge in [0.15, 0.2) is 11.5 Å². The molecule has 0 saturated carbocycles. The number of benzene rings is 1. The maximum Gasteiger partial charge on any atom is 0.254 e. The Balaban J connectivity index is 1.87. The van der Waals surface area contributed by atoms with E-state index in [2.05, 4.69) is 0 Å². The lowest BCUT2D eigenvalue weighted by Crippen LogP contribution is -2.40. The molecule has 0 unspecified atom stereocenters. The van der Waals surface area contributed by atoms with Crippen molar-refractivity contribution in [1.82, 2.24) is 4.90 Å². The van der Waals surface area contributed by atoms with Gasteiger partial charge < -0.3 is 19.1 Å². The van der Waals surface area contributed by atoms with Gasteiger partial charge in [-0.2, -0.15) is 0 Å². The lowest BCUT2D eigenvalue weighted by atomic mass is 10.1. The van der Waals surface area contributed by atoms with E-state index < -0.39 is 0 Å². The third kappa shape index (κ3) is 2.00. The third-order valence-electron chi connectivity index (χ3n) is 2.97. The van der Waals surface area contributed by atoms with Crippen molar-refractivity contribution in [2.24, 2.45) is 0 Å². The Bertz CT molecular complexity index is 485. The molecule has 0 spiro atoms. The van der Waals surface area contributed by atoms with E-state index in [-0.39, 0.29) is 12.7 Å². The van der Waals surface area contributed by atoms with Gasteiger partial charge in [0, 0.05) is 18.7 Å². The number of carbonyl (C=O) groups excluding carboxylic acids is 1. The summed E-state index contributed by atoms with van der Waals surface area (Å²) in [6, 6.07) is 3.29. The van der Waals surface area contributed by atoms with Gasteiger partial charge in [0.2, 0.25) is 6.79 Å². The molecule has 0 aromatic heterocycles. The van der Waals surface area contributed by atoms with Crippen LogP contribution < -0.4 is 9.47 Å². The number of nitrogens with zero attached hydrogens (tertiary/aromatic N) is 1. The topological polar surface area (TPSA) is 48.0 Å². The van der Waals surface area contributed by atoms with Gasteiger partial charge in [-0.05, 0) is 12.1 Å². The molecule has 0 aliphatic carbocycles. The van der Waals surface area contributed by atoms with E-state index >= 15 is 0 Å². The Morgan fingerprint density at radius 3 is 2.78 bits per heavy atom. The van der Waals surface area contributed by atoms with Crippen molar-refractivity contribution in [3.63, 3.8) is 0 Å². The number of fused-ring (bicyclic) bond motifs is 1. The maximum atomic E-state index is 12.3. The van der Waals surface area contributed by atoms with Crippen molar-refractivity contribution in [2.45, 2.75) is 0 Å². The van der Waals surface area contributed by atoms with Gasteiger partial charge >= 0.3 is 0 Å². The van der Waals surface area contributed by atoms with Crippen molar-refractivity contribution in [1.29, 1.82) is 0 Å². The highest BCUT2D eigenvalue weighted by Crippen LogP contribution is 2.40. The first kappa shape index (κ1) is 11.6. The normalized spacial score (nSPS) is 17.9. The molecular formula is C12H12ClNO4. The lowest BCUT2D eigenvalue weighted by molar-refractivity contribution is 0.0302. The average Bonchev–Trinajstić information content (AvgIpc) is 2.88. The first-order valence-corrected chi connectivity index (χ1v) is 6.09. The summed E-state index contributed by atoms with van der Waals surface area (Å²) < 4.78 is 15.7. The molecule has 5 nitrogen and oxygen atoms in total. The summed E-state index contributed by atoms with van der Waals surface area (Å²) in [5, 5.41) is 0.404. The van der Waals surface area contributed by atoms with Crippen molar-refractivity contribution < 1.29 is 19.0 Å². The van der Waals surface area contributed by atoms with Crippen LogP contribution in [0.15, 0.2) is 12.1 Å². The summed E-state index contributed by atoms with van der Waals surface area (Å²) in [5.41, 5.74) is 0.520. The fourth-order valence-corrected chi connectivity index (χ4v) is 2.31. The molecule has 1 aromatic rings. The molecule has 0 radical (unpaired) electrons. The van der Waals surface area contributed by atoms with Crippen molar-refractivity contribution in [3.05, 3.63) is 22.7 Å². The second-order valence-electron chi connectivity index (χ2n) is 4.10. The maximum absolute atomic E-state index is 12.3. The summed E-state index contributed by atoms with van der Waals surface area (Å²) in [7, 11) is 0. The van der Waals surface area contributed by atoms with Crippen LogP contribution in [0.25, 0.3) is 0 Å². The number of ether oxygens (including phenoxy) is 3. The average molecular weight is 270 g/mol. The van der Waals surface area contributed by atoms with Gasteiger partial charge in [0.25, 0.3) is 5.91 Å². The van der Waals surface area contributed by atoms with Crippen LogP contribution in [-0.4, -0.2) is 43.9 Å². The molecule has 0 bridgehead atoms. The Morgan fingerprint density at radius 2 is 2.00 bits per heavy atom. The largest absolute Gasteiger partial charge is 0.454 e. The molecule has 1 fully saturated rings. The van der Waals surface area contributed by atoms with Gasteiger partial charge in [-0.15, -0.1) is 0 Å². The van der Waals surface area contributed by atoms with Crippen LogP contribution in [-0.2, 0) is 4.74 Å². The molecule has 3 rings (SSSR count). The molecular weight excluding hydrogens is 258 g/mol. The second kappa shape index (κ2) is 4.66. The summed E-state index contributed by atoms with van der Waals surface area (Å²) >= 11 is 6.06. The SMILES string of the molecule is O=C(c1cc(Cl)c2c(c1)OCO2)N1CCOCC1. The van der Waals surface area contributed by atoms with E-state index in [4.69, 9.17) is 25.8 Å². The quantitative estimate of drug-likeness (QED) is 0.776. The lowest BCUT2D eigenvalue weighted by Gasteiger charge is -2.27. The van der Waals surface area contributed by atoms with E-state index in [1.807, 2.05) is 0 Å². The molecule has 96 valence electrons. The minimum absolute atomic E-state index is 0.0569. The summed E-state index contributed by atoms with van der Waals surface area (Å²) in [4.78, 5) is 14.0. The molecule has 18 heavy (non-hydrogen) atoms. The molecule has 1 saturated heterocycles. The van der Waals surface area contributed by atoms with Crippen LogP contribution in [0, 0.1) is 0 Å². The minimum atomic E-state index is -0.0569. The first-order valence-electron chi connectivity index (χ1n) is 5.72. The summed E-state index contributed by atoms with van der Waals surface area (Å²) in [6.07, 6.45) is 0. The Morgan fingerprint density at radius 1 is 1.22 bits per heavy atom. The van der Waals surface area contributed by atoms with Gasteiger partial charge in [0.1, 0.15) is 0 Å². The van der Waals surface area contributed by atoms with Crippen LogP contribution in [0.1, 0.15) is 10.4 Å². The molecule has 0 N–H and O–H groups in total. The molecule has 2 aliphatic rings. The zero-order valence-corrected chi connectivity index (χ0v) is 10.4. The molecule has 1 amide bonds. The highest BCUT2D eigenvalue weighted by Gasteiger charge is 2.24. The minimum Gasteiger partial charge on any atom is -0.454 e. The number of morpholine rings is 1. The first-order chi connectivity index (χ1) is 8.75. The van der Waals surface area contributed by atoms with Gasteiger partial charge in [-0.1, -0.05) is 11.6 Å². The van der Waals surface area contributed by atoms with Crippen LogP contribution in [0.3, 0.4) is 0 Å². The highest BCUT2D eigenvalue weighted by molar-refractivity contribution is 6.32. The van der Waals surface area contributed by atoms with Crippen LogP contribution in [0.5, 0.6) is 11.5 Å². The Kier molecular flexibility index (Phi) is 3.01. The predicted molar refractivity (Wildman–Crippen MR) is 64.3 cm³/mol. The Labute approximate surface area is 109 Å². The van der Waals surface area contributed by atoms with E-state index in [1.54, 1.807) is 17.0 Å². The predicted octanol–water partition coefficient (Wildman–Crippen LogP) is 1.54. The summed E-state index contributed by atoms with van der Waals surface area (Å²) in [6.45, 7) is 2.49. The zero-order chi connectivity index (χ0) is 12.5. The van der Waals surface area contributed by atoms with Crippen LogP contribution >= 0.6 is 11.6 Å². The monoisotopic (exact) mass is 269 g/mol. The summed E-state index contributed by atoms with van der Waals surface area (Å²) in [5.74, 6) is 0.979. The number of hydrogen-bond acceptors (Lipinski definition) is 4. The van der Waals surface area contributed by atoms with Crippen molar-refractivity contribution in [2.75, 3.05) is 33.1 Å². The molecule has 6 heteroatoms. The molecule has 2 heterocycles. The fourth-order valence-electron chi connectivity index (χ4n) is 2.04. The number of rotatable bonds is 1. The number of carbonyl (C=O) groups is 1. The van der Waals surface area contributed by atoms with E-state index in [1.165, 1.54) is 0 Å².